The lowest BCUT2D eigenvalue weighted by Crippen LogP contribution is -2.47. The summed E-state index contributed by atoms with van der Waals surface area (Å²) in [6.45, 7) is 7.62. The molecule has 11 nitrogen and oxygen atoms in total. The van der Waals surface area contributed by atoms with Crippen LogP contribution in [0.3, 0.4) is 0 Å². The second kappa shape index (κ2) is 14.3. The molecule has 0 bridgehead atoms. The number of sulfone groups is 1. The van der Waals surface area contributed by atoms with E-state index in [-0.39, 0.29) is 41.0 Å². The van der Waals surface area contributed by atoms with Crippen molar-refractivity contribution in [3.8, 4) is 11.4 Å². The molecule has 5 rings (SSSR count). The van der Waals surface area contributed by atoms with Crippen molar-refractivity contribution in [3.63, 3.8) is 0 Å². The molecule has 46 heavy (non-hydrogen) atoms. The van der Waals surface area contributed by atoms with Gasteiger partial charge in [0.05, 0.1) is 46.2 Å². The Bertz CT molecular complexity index is 1850. The van der Waals surface area contributed by atoms with E-state index in [9.17, 15) is 18.0 Å². The van der Waals surface area contributed by atoms with E-state index >= 15 is 0 Å². The molecule has 3 aromatic heterocycles. The minimum absolute atomic E-state index is 0.00635. The Morgan fingerprint density at radius 3 is 2.59 bits per heavy atom. The molecule has 0 saturated carbocycles. The van der Waals surface area contributed by atoms with Crippen LogP contribution >= 0.6 is 0 Å². The lowest BCUT2D eigenvalue weighted by molar-refractivity contribution is -0.118. The van der Waals surface area contributed by atoms with E-state index < -0.39 is 9.84 Å². The average molecular weight is 645 g/mol. The second-order valence-corrected chi connectivity index (χ2v) is 13.8. The first-order valence-electron chi connectivity index (χ1n) is 15.4. The number of ether oxygens (including phenoxy) is 1. The highest BCUT2D eigenvalue weighted by Crippen LogP contribution is 2.25. The summed E-state index contributed by atoms with van der Waals surface area (Å²) in [7, 11) is -3.45. The molecule has 12 heteroatoms. The molecule has 4 aromatic rings. The zero-order chi connectivity index (χ0) is 32.8. The molecular formula is C34H40N6O5S. The maximum Gasteiger partial charge on any atom is 0.251 e. The van der Waals surface area contributed by atoms with Gasteiger partial charge in [-0.3, -0.25) is 14.6 Å². The number of anilines is 1. The summed E-state index contributed by atoms with van der Waals surface area (Å²) in [5, 5.41) is 6.53. The topological polar surface area (TPSA) is 143 Å². The largest absolute Gasteiger partial charge is 0.372 e. The molecule has 0 aliphatic carbocycles. The predicted octanol–water partition coefficient (Wildman–Crippen LogP) is 4.23. The maximum atomic E-state index is 12.8. The van der Waals surface area contributed by atoms with Crippen LogP contribution < -0.4 is 15.5 Å². The summed E-state index contributed by atoms with van der Waals surface area (Å²) < 4.78 is 30.4. The average Bonchev–Trinajstić information content (AvgIpc) is 3.02. The standard InChI is InChI=1S/C34H40N6O5S/c1-22-11-12-25(16-32(22)46(4,43)44)34(42)37-19-27-17-31-26(18-36-27)13-14-30(38-31)29-9-7-10-33(39-29)40-20-23(2)45-28(21-40)8-5-6-15-35-24(3)41/h7,9-14,16-18,23,28H,5-6,8,15,19-21H2,1-4H3,(H,35,41)(H,37,42)/t23-,28+/m0/s1. The number of unbranched alkanes of at least 4 members (excludes halogenated alkanes) is 1. The van der Waals surface area contributed by atoms with Gasteiger partial charge in [-0.1, -0.05) is 12.1 Å². The van der Waals surface area contributed by atoms with Crippen LogP contribution in [0.1, 0.15) is 54.7 Å². The normalized spacial score (nSPS) is 16.7. The summed E-state index contributed by atoms with van der Waals surface area (Å²) in [5.74, 6) is 0.471. The van der Waals surface area contributed by atoms with Gasteiger partial charge in [0.1, 0.15) is 5.82 Å². The number of nitrogens with zero attached hydrogens (tertiary/aromatic N) is 4. The first-order chi connectivity index (χ1) is 22.0. The molecule has 242 valence electrons. The number of nitrogens with one attached hydrogen (secondary N) is 2. The molecule has 0 spiro atoms. The number of rotatable bonds is 11. The van der Waals surface area contributed by atoms with Gasteiger partial charge in [0, 0.05) is 50.0 Å². The number of amides is 2. The van der Waals surface area contributed by atoms with Crippen molar-refractivity contribution in [1.82, 2.24) is 25.6 Å². The Labute approximate surface area is 269 Å². The molecule has 2 atom stereocenters. The lowest BCUT2D eigenvalue weighted by atomic mass is 10.1. The van der Waals surface area contributed by atoms with E-state index in [1.807, 2.05) is 36.4 Å². The minimum Gasteiger partial charge on any atom is -0.372 e. The van der Waals surface area contributed by atoms with Gasteiger partial charge < -0.3 is 20.3 Å². The fourth-order valence-electron chi connectivity index (χ4n) is 5.61. The molecule has 1 fully saturated rings. The van der Waals surface area contributed by atoms with E-state index in [1.54, 1.807) is 25.3 Å². The Morgan fingerprint density at radius 2 is 1.80 bits per heavy atom. The summed E-state index contributed by atoms with van der Waals surface area (Å²) in [6, 6.07) is 16.3. The van der Waals surface area contributed by atoms with Crippen LogP contribution in [0.15, 0.2) is 65.7 Å². The van der Waals surface area contributed by atoms with Crippen molar-refractivity contribution >= 4 is 38.4 Å². The molecule has 4 heterocycles. The van der Waals surface area contributed by atoms with Crippen LogP contribution in [0.2, 0.25) is 0 Å². The van der Waals surface area contributed by atoms with Gasteiger partial charge in [0.25, 0.3) is 5.91 Å². The first kappa shape index (κ1) is 33.0. The van der Waals surface area contributed by atoms with Crippen molar-refractivity contribution in [2.24, 2.45) is 0 Å². The van der Waals surface area contributed by atoms with Crippen molar-refractivity contribution in [2.75, 3.05) is 30.8 Å². The third-order valence-corrected chi connectivity index (χ3v) is 9.12. The number of fused-ring (bicyclic) bond motifs is 1. The van der Waals surface area contributed by atoms with Crippen LogP contribution in [-0.2, 0) is 25.9 Å². The number of hydrogen-bond donors (Lipinski definition) is 2. The fourth-order valence-corrected chi connectivity index (χ4v) is 6.60. The van der Waals surface area contributed by atoms with Gasteiger partial charge in [0.2, 0.25) is 5.91 Å². The molecule has 1 aromatic carbocycles. The van der Waals surface area contributed by atoms with Crippen LogP contribution in [0.4, 0.5) is 5.82 Å². The Hall–Kier alpha value is -4.42. The van der Waals surface area contributed by atoms with E-state index in [1.165, 1.54) is 13.0 Å². The quantitative estimate of drug-likeness (QED) is 0.229. The second-order valence-electron chi connectivity index (χ2n) is 11.8. The zero-order valence-corrected chi connectivity index (χ0v) is 27.4. The Morgan fingerprint density at radius 1 is 1.00 bits per heavy atom. The van der Waals surface area contributed by atoms with Crippen LogP contribution in [0.5, 0.6) is 0 Å². The van der Waals surface area contributed by atoms with Gasteiger partial charge in [-0.2, -0.15) is 0 Å². The highest BCUT2D eigenvalue weighted by Gasteiger charge is 2.26. The van der Waals surface area contributed by atoms with Crippen LogP contribution in [0, 0.1) is 6.92 Å². The van der Waals surface area contributed by atoms with Gasteiger partial charge in [0.15, 0.2) is 9.84 Å². The number of aromatic nitrogens is 3. The van der Waals surface area contributed by atoms with Gasteiger partial charge >= 0.3 is 0 Å². The summed E-state index contributed by atoms with van der Waals surface area (Å²) in [6.07, 6.45) is 5.80. The first-order valence-corrected chi connectivity index (χ1v) is 17.3. The van der Waals surface area contributed by atoms with Crippen molar-refractivity contribution in [2.45, 2.75) is 63.7 Å². The third kappa shape index (κ3) is 8.43. The third-order valence-electron chi connectivity index (χ3n) is 7.88. The predicted molar refractivity (Wildman–Crippen MR) is 177 cm³/mol. The molecule has 0 unspecified atom stereocenters. The molecule has 1 aliphatic heterocycles. The minimum atomic E-state index is -3.45. The highest BCUT2D eigenvalue weighted by molar-refractivity contribution is 7.90. The molecule has 2 N–H and O–H groups in total. The lowest BCUT2D eigenvalue weighted by Gasteiger charge is -2.37. The smallest absolute Gasteiger partial charge is 0.251 e. The molecular weight excluding hydrogens is 604 g/mol. The summed E-state index contributed by atoms with van der Waals surface area (Å²) in [4.78, 5) is 40.6. The van der Waals surface area contributed by atoms with Gasteiger partial charge in [-0.15, -0.1) is 0 Å². The van der Waals surface area contributed by atoms with Gasteiger partial charge in [-0.05, 0) is 81.1 Å². The Balaban J connectivity index is 1.26. The number of benzene rings is 1. The van der Waals surface area contributed by atoms with Crippen LogP contribution in [-0.4, -0.2) is 73.3 Å². The molecule has 2 amide bonds. The van der Waals surface area contributed by atoms with E-state index in [0.717, 1.165) is 66.7 Å². The van der Waals surface area contributed by atoms with Gasteiger partial charge in [-0.25, -0.2) is 18.4 Å². The van der Waals surface area contributed by atoms with Crippen molar-refractivity contribution in [1.29, 1.82) is 0 Å². The molecule has 1 saturated heterocycles. The van der Waals surface area contributed by atoms with Crippen LogP contribution in [0.25, 0.3) is 22.3 Å². The highest BCUT2D eigenvalue weighted by atomic mass is 32.2. The number of carbonyl (C=O) groups is 2. The monoisotopic (exact) mass is 644 g/mol. The Kier molecular flexibility index (Phi) is 10.3. The number of aryl methyl sites for hydroxylation is 1. The van der Waals surface area contributed by atoms with E-state index in [0.29, 0.717) is 17.8 Å². The molecule has 1 aliphatic rings. The summed E-state index contributed by atoms with van der Waals surface area (Å²) >= 11 is 0. The molecule has 0 radical (unpaired) electrons. The number of carbonyl (C=O) groups excluding carboxylic acids is 2. The van der Waals surface area contributed by atoms with E-state index in [4.69, 9.17) is 14.7 Å². The van der Waals surface area contributed by atoms with E-state index in [2.05, 4.69) is 27.4 Å². The summed E-state index contributed by atoms with van der Waals surface area (Å²) in [5.41, 5.74) is 3.66. The number of hydrogen-bond acceptors (Lipinski definition) is 9. The fraction of sp³-hybridized carbons (Fsp3) is 0.382. The van der Waals surface area contributed by atoms with Crippen molar-refractivity contribution in [3.05, 3.63) is 77.6 Å². The zero-order valence-electron chi connectivity index (χ0n) is 26.6. The number of morpholine rings is 1. The maximum absolute atomic E-state index is 12.8. The van der Waals surface area contributed by atoms with Crippen molar-refractivity contribution < 1.29 is 22.7 Å². The number of pyridine rings is 3. The SMILES string of the molecule is CC(=O)NCCCC[C@@H]1CN(c2cccc(-c3ccc4cnc(CNC(=O)c5ccc(C)c(S(C)(=O)=O)c5)cc4n3)n2)C[C@H](C)O1.